The van der Waals surface area contributed by atoms with E-state index >= 15 is 0 Å². The van der Waals surface area contributed by atoms with Crippen LogP contribution in [0.2, 0.25) is 0 Å². The molecule has 0 saturated heterocycles. The minimum Gasteiger partial charge on any atom is -0.480 e. The molecule has 2 fully saturated rings. The standard InChI is InChI=1S/C38H20O8/c39-30(40)35(31(41)42)18-9-15-5-14-7-16-6-11-2-1-10-3-12-4-13-8-17(18)34(35)25(15)23-24-28(34)21(13)19(12)22-20(10)26(11)37(29(22)24)36(16,27(14)23)38(37,32(43)44)33(45)46/h1-3,5,9,13,16-17H,4,6-8H2,(H,39,40)(H,41,42)(H,43,44)(H,45,46). The first-order chi connectivity index (χ1) is 22.1. The maximum atomic E-state index is 13.9. The topological polar surface area (TPSA) is 149 Å². The number of rotatable bonds is 4. The van der Waals surface area contributed by atoms with E-state index in [0.717, 1.165) is 89.2 Å². The average Bonchev–Trinajstić information content (AvgIpc) is 3.36. The first-order valence-electron chi connectivity index (χ1n) is 16.1. The fourth-order valence-corrected chi connectivity index (χ4v) is 15.3. The van der Waals surface area contributed by atoms with Crippen LogP contribution >= 0.6 is 0 Å². The summed E-state index contributed by atoms with van der Waals surface area (Å²) in [5.41, 5.74) is 2.57. The lowest BCUT2D eigenvalue weighted by atomic mass is 9.32. The lowest BCUT2D eigenvalue weighted by Crippen LogP contribution is -2.73. The van der Waals surface area contributed by atoms with E-state index in [9.17, 15) is 39.6 Å². The molecule has 8 nitrogen and oxygen atoms in total. The molecule has 6 atom stereocenters. The molecule has 4 aromatic rings. The van der Waals surface area contributed by atoms with E-state index in [1.54, 1.807) is 0 Å². The summed E-state index contributed by atoms with van der Waals surface area (Å²) < 4.78 is 0. The van der Waals surface area contributed by atoms with Gasteiger partial charge < -0.3 is 20.4 Å². The third-order valence-corrected chi connectivity index (χ3v) is 15.5. The number of hydrogen-bond donors (Lipinski definition) is 4. The van der Waals surface area contributed by atoms with Crippen molar-refractivity contribution in [3.63, 3.8) is 0 Å². The zero-order valence-corrected chi connectivity index (χ0v) is 23.9. The largest absolute Gasteiger partial charge is 0.480 e. The highest BCUT2D eigenvalue weighted by atomic mass is 16.4. The molecule has 6 unspecified atom stereocenters. The smallest absolute Gasteiger partial charge is 0.326 e. The normalized spacial score (nSPS) is 35.8. The van der Waals surface area contributed by atoms with E-state index in [0.29, 0.717) is 30.4 Å². The molecule has 0 aliphatic heterocycles. The van der Waals surface area contributed by atoms with Gasteiger partial charge in [0.05, 0.1) is 10.8 Å². The monoisotopic (exact) mass is 604 g/mol. The van der Waals surface area contributed by atoms with Gasteiger partial charge in [0, 0.05) is 5.41 Å². The van der Waals surface area contributed by atoms with Crippen molar-refractivity contribution in [3.05, 3.63) is 85.5 Å². The molecule has 0 radical (unpaired) electrons. The number of aliphatic carboxylic acids is 4. The van der Waals surface area contributed by atoms with Crippen LogP contribution in [0.1, 0.15) is 68.0 Å². The first kappa shape index (κ1) is 22.5. The molecule has 46 heavy (non-hydrogen) atoms. The molecule has 2 bridgehead atoms. The Morgan fingerprint density at radius 2 is 1.43 bits per heavy atom. The van der Waals surface area contributed by atoms with Crippen LogP contribution in [0.3, 0.4) is 0 Å². The van der Waals surface area contributed by atoms with Gasteiger partial charge in [-0.2, -0.15) is 0 Å². The molecule has 220 valence electrons. The van der Waals surface area contributed by atoms with Gasteiger partial charge in [-0.1, -0.05) is 30.3 Å². The Bertz CT molecular complexity index is 2630. The molecule has 0 amide bonds. The van der Waals surface area contributed by atoms with Crippen LogP contribution in [0.4, 0.5) is 0 Å². The summed E-state index contributed by atoms with van der Waals surface area (Å²) in [5, 5.41) is 48.8. The van der Waals surface area contributed by atoms with Crippen molar-refractivity contribution in [2.75, 3.05) is 0 Å². The number of carboxylic acid groups (broad SMARTS) is 4. The minimum absolute atomic E-state index is 0.0741. The van der Waals surface area contributed by atoms with Gasteiger partial charge in [-0.05, 0) is 137 Å². The molecule has 8 heteroatoms. The Balaban J connectivity index is 1.36. The van der Waals surface area contributed by atoms with Crippen molar-refractivity contribution >= 4 is 51.5 Å². The summed E-state index contributed by atoms with van der Waals surface area (Å²) >= 11 is 0. The second-order valence-electron chi connectivity index (χ2n) is 15.8. The minimum atomic E-state index is -2.17. The van der Waals surface area contributed by atoms with E-state index < -0.39 is 51.0 Å². The van der Waals surface area contributed by atoms with Crippen LogP contribution in [-0.2, 0) is 54.7 Å². The van der Waals surface area contributed by atoms with Crippen molar-refractivity contribution in [2.24, 2.45) is 22.7 Å². The molecular formula is C38H20O8. The van der Waals surface area contributed by atoms with Crippen molar-refractivity contribution < 1.29 is 39.6 Å². The van der Waals surface area contributed by atoms with E-state index in [4.69, 9.17) is 0 Å². The molecule has 10 aliphatic rings. The third kappa shape index (κ3) is 1.33. The number of fused-ring (bicyclic) bond motifs is 2. The number of carboxylic acids is 4. The Labute approximate surface area is 257 Å². The number of hydrogen-bond acceptors (Lipinski definition) is 4. The summed E-state index contributed by atoms with van der Waals surface area (Å²) in [6.45, 7) is 0. The zero-order valence-electron chi connectivity index (χ0n) is 23.9. The molecule has 10 aliphatic carbocycles. The highest BCUT2D eigenvalue weighted by molar-refractivity contribution is 6.30. The first-order valence-corrected chi connectivity index (χ1v) is 16.1. The molecule has 3 spiro atoms. The van der Waals surface area contributed by atoms with Crippen LogP contribution in [0.5, 0.6) is 0 Å². The van der Waals surface area contributed by atoms with Crippen molar-refractivity contribution in [2.45, 2.75) is 47.8 Å². The highest BCUT2D eigenvalue weighted by Gasteiger charge is 3.02. The molecule has 0 heterocycles. The van der Waals surface area contributed by atoms with Crippen LogP contribution in [-0.4, -0.2) is 44.3 Å². The van der Waals surface area contributed by atoms with Gasteiger partial charge in [0.1, 0.15) is 0 Å². The predicted octanol–water partition coefficient (Wildman–Crippen LogP) is 4.23. The van der Waals surface area contributed by atoms with Gasteiger partial charge in [-0.3, -0.25) is 19.2 Å². The molecule has 4 aromatic carbocycles. The van der Waals surface area contributed by atoms with Crippen molar-refractivity contribution in [3.8, 4) is 11.1 Å². The lowest BCUT2D eigenvalue weighted by Gasteiger charge is -2.66. The fraction of sp³-hybridized carbons (Fsp3) is 0.316. The molecule has 14 rings (SSSR count). The summed E-state index contributed by atoms with van der Waals surface area (Å²) in [7, 11) is 0. The SMILES string of the molecule is O=C(O)C1(C(=O)O)C2=Cc3cc4c5c6c3C13c1c-6c6c7c8c(cc9ccc%10c(c97)C67C(C(=O)O)(C(=O)O)C57C(C4)C%10)CC(CC23)c18. The lowest BCUT2D eigenvalue weighted by molar-refractivity contribution is -0.176. The predicted molar refractivity (Wildman–Crippen MR) is 159 cm³/mol. The molecule has 2 saturated carbocycles. The van der Waals surface area contributed by atoms with E-state index in [1.807, 2.05) is 12.1 Å². The number of carbonyl (C=O) groups is 4. The van der Waals surface area contributed by atoms with Crippen LogP contribution in [0.25, 0.3) is 38.7 Å². The quantitative estimate of drug-likeness (QED) is 0.200. The van der Waals surface area contributed by atoms with Crippen molar-refractivity contribution in [1.82, 2.24) is 0 Å². The second kappa shape index (κ2) is 5.42. The molecule has 0 aromatic heterocycles. The van der Waals surface area contributed by atoms with Gasteiger partial charge in [-0.25, -0.2) is 0 Å². The van der Waals surface area contributed by atoms with E-state index in [-0.39, 0.29) is 17.8 Å². The fourth-order valence-electron chi connectivity index (χ4n) is 15.3. The number of benzene rings is 4. The molecular weight excluding hydrogens is 584 g/mol. The van der Waals surface area contributed by atoms with Gasteiger partial charge in [0.2, 0.25) is 5.41 Å². The summed E-state index contributed by atoms with van der Waals surface area (Å²) in [6, 6.07) is 8.44. The maximum Gasteiger partial charge on any atom is 0.326 e. The van der Waals surface area contributed by atoms with Crippen molar-refractivity contribution in [1.29, 1.82) is 0 Å². The van der Waals surface area contributed by atoms with Gasteiger partial charge in [-0.15, -0.1) is 0 Å². The highest BCUT2D eigenvalue weighted by Crippen LogP contribution is 2.96. The molecule has 4 N–H and O–H groups in total. The second-order valence-corrected chi connectivity index (χ2v) is 15.8. The average molecular weight is 605 g/mol. The maximum absolute atomic E-state index is 13.9. The Morgan fingerprint density at radius 3 is 2.17 bits per heavy atom. The van der Waals surface area contributed by atoms with E-state index in [2.05, 4.69) is 18.2 Å². The summed E-state index contributed by atoms with van der Waals surface area (Å²) in [4.78, 5) is 55.0. The summed E-state index contributed by atoms with van der Waals surface area (Å²) in [6.07, 6.45) is 4.32. The van der Waals surface area contributed by atoms with Crippen LogP contribution in [0.15, 0.2) is 29.8 Å². The van der Waals surface area contributed by atoms with Crippen LogP contribution < -0.4 is 0 Å². The van der Waals surface area contributed by atoms with Gasteiger partial charge >= 0.3 is 23.9 Å². The van der Waals surface area contributed by atoms with Gasteiger partial charge in [0.25, 0.3) is 0 Å². The zero-order chi connectivity index (χ0) is 30.7. The van der Waals surface area contributed by atoms with Crippen LogP contribution in [0, 0.1) is 22.7 Å². The van der Waals surface area contributed by atoms with E-state index in [1.165, 1.54) is 0 Å². The third-order valence-electron chi connectivity index (χ3n) is 15.5. The Hall–Kier alpha value is -4.98. The van der Waals surface area contributed by atoms with Gasteiger partial charge in [0.15, 0.2) is 5.41 Å². The Morgan fingerprint density at radius 1 is 0.696 bits per heavy atom. The Kier molecular flexibility index (Phi) is 2.65. The summed E-state index contributed by atoms with van der Waals surface area (Å²) in [5.74, 6) is -5.88.